The van der Waals surface area contributed by atoms with E-state index in [0.717, 1.165) is 52.6 Å². The summed E-state index contributed by atoms with van der Waals surface area (Å²) in [4.78, 5) is 27.2. The van der Waals surface area contributed by atoms with Crippen LogP contribution in [-0.2, 0) is 44.1 Å². The summed E-state index contributed by atoms with van der Waals surface area (Å²) in [5.41, 5.74) is 4.57. The molecule has 0 bridgehead atoms. The van der Waals surface area contributed by atoms with E-state index in [9.17, 15) is 19.8 Å². The molecule has 0 fully saturated rings. The fourth-order valence-corrected chi connectivity index (χ4v) is 6.21. The summed E-state index contributed by atoms with van der Waals surface area (Å²) < 4.78 is 0. The predicted molar refractivity (Wildman–Crippen MR) is 201 cm³/mol. The molecule has 0 spiro atoms. The molecular formula is C42H68N2O4. The second-order valence-electron chi connectivity index (χ2n) is 18.4. The van der Waals surface area contributed by atoms with Crippen LogP contribution in [0.25, 0.3) is 0 Å². The van der Waals surface area contributed by atoms with Gasteiger partial charge in [-0.1, -0.05) is 141 Å². The number of hydrogen-bond acceptors (Lipinski definition) is 4. The third kappa shape index (κ3) is 11.3. The minimum Gasteiger partial charge on any atom is -0.507 e. The van der Waals surface area contributed by atoms with E-state index in [1.165, 1.54) is 0 Å². The van der Waals surface area contributed by atoms with E-state index in [0.29, 0.717) is 30.8 Å². The number of phenols is 2. The molecule has 2 aromatic rings. The fraction of sp³-hybridized carbons (Fsp3) is 0.667. The Balaban J connectivity index is 2.28. The van der Waals surface area contributed by atoms with Gasteiger partial charge in [-0.2, -0.15) is 0 Å². The lowest BCUT2D eigenvalue weighted by Crippen LogP contribution is -2.51. The van der Waals surface area contributed by atoms with Crippen LogP contribution in [0.5, 0.6) is 11.5 Å². The minimum atomic E-state index is -0.466. The molecule has 0 radical (unpaired) electrons. The Bertz CT molecular complexity index is 1240. The topological polar surface area (TPSA) is 98.7 Å². The number of phenolic OH excluding ortho intramolecular Hbond substituents is 2. The summed E-state index contributed by atoms with van der Waals surface area (Å²) in [7, 11) is 0. The van der Waals surface area contributed by atoms with Crippen molar-refractivity contribution in [3.8, 4) is 11.5 Å². The van der Waals surface area contributed by atoms with Crippen LogP contribution in [0, 0.1) is 11.8 Å². The number of amides is 2. The van der Waals surface area contributed by atoms with Crippen molar-refractivity contribution in [1.29, 1.82) is 0 Å². The molecule has 2 amide bonds. The van der Waals surface area contributed by atoms with Crippen molar-refractivity contribution in [2.24, 2.45) is 11.8 Å². The Morgan fingerprint density at radius 2 is 0.875 bits per heavy atom. The first kappa shape index (κ1) is 41.2. The zero-order chi connectivity index (χ0) is 37.0. The molecule has 2 aromatic carbocycles. The molecule has 2 rings (SSSR count). The summed E-state index contributed by atoms with van der Waals surface area (Å²) in [5, 5.41) is 28.6. The van der Waals surface area contributed by atoms with Crippen LogP contribution in [-0.4, -0.2) is 28.2 Å². The first-order valence-corrected chi connectivity index (χ1v) is 18.1. The molecule has 0 aromatic heterocycles. The number of carbonyl (C=O) groups excluding carboxylic acids is 2. The second-order valence-corrected chi connectivity index (χ2v) is 18.4. The maximum absolute atomic E-state index is 13.6. The van der Waals surface area contributed by atoms with Crippen molar-refractivity contribution in [1.82, 2.24) is 10.6 Å². The van der Waals surface area contributed by atoms with Gasteiger partial charge in [0, 0.05) is 11.8 Å². The number of benzene rings is 2. The van der Waals surface area contributed by atoms with Gasteiger partial charge in [-0.25, -0.2) is 0 Å². The van der Waals surface area contributed by atoms with Gasteiger partial charge in [0.05, 0.1) is 0 Å². The average Bonchev–Trinajstić information content (AvgIpc) is 2.92. The van der Waals surface area contributed by atoms with Gasteiger partial charge >= 0.3 is 0 Å². The molecule has 0 aliphatic heterocycles. The molecule has 6 heteroatoms. The Hall–Kier alpha value is -3.02. The maximum atomic E-state index is 13.6. The van der Waals surface area contributed by atoms with E-state index < -0.39 is 6.17 Å². The van der Waals surface area contributed by atoms with Gasteiger partial charge in [-0.15, -0.1) is 0 Å². The Morgan fingerprint density at radius 3 is 1.12 bits per heavy atom. The number of unbranched alkanes of at least 4 members (excludes halogenated alkanes) is 2. The van der Waals surface area contributed by atoms with Gasteiger partial charge in [0.25, 0.3) is 0 Å². The van der Waals surface area contributed by atoms with Crippen molar-refractivity contribution >= 4 is 11.8 Å². The third-order valence-corrected chi connectivity index (χ3v) is 9.28. The molecule has 4 N–H and O–H groups in total. The van der Waals surface area contributed by atoms with Crippen LogP contribution >= 0.6 is 0 Å². The third-order valence-electron chi connectivity index (χ3n) is 9.28. The number of aromatic hydroxyl groups is 2. The van der Waals surface area contributed by atoms with Gasteiger partial charge in [-0.3, -0.25) is 9.59 Å². The van der Waals surface area contributed by atoms with Crippen LogP contribution in [0.1, 0.15) is 163 Å². The summed E-state index contributed by atoms with van der Waals surface area (Å²) >= 11 is 0. The van der Waals surface area contributed by atoms with Gasteiger partial charge in [0.1, 0.15) is 17.7 Å². The minimum absolute atomic E-state index is 0.102. The highest BCUT2D eigenvalue weighted by Gasteiger charge is 2.30. The van der Waals surface area contributed by atoms with Crippen molar-refractivity contribution in [3.63, 3.8) is 0 Å². The Kier molecular flexibility index (Phi) is 13.4. The first-order valence-electron chi connectivity index (χ1n) is 18.1. The van der Waals surface area contributed by atoms with E-state index in [1.54, 1.807) is 0 Å². The molecule has 270 valence electrons. The van der Waals surface area contributed by atoms with E-state index in [4.69, 9.17) is 0 Å². The molecule has 0 saturated carbocycles. The molecule has 0 aliphatic rings. The highest BCUT2D eigenvalue weighted by atomic mass is 16.3. The predicted octanol–water partition coefficient (Wildman–Crippen LogP) is 9.48. The summed E-state index contributed by atoms with van der Waals surface area (Å²) in [6.07, 6.45) is 4.20. The lowest BCUT2D eigenvalue weighted by molar-refractivity contribution is -0.128. The van der Waals surface area contributed by atoms with Gasteiger partial charge in [0.2, 0.25) is 11.8 Å². The van der Waals surface area contributed by atoms with Crippen LogP contribution in [0.4, 0.5) is 0 Å². The SMILES string of the molecule is CCCCCC(NC(=O)C(C)Cc1cc(C(C)(C)C)c(O)c(C(C)(C)C)c1)NC(=O)C(C)Cc1cc(C(C)(C)C)c(O)c(C(C)(C)C)c1. The maximum Gasteiger partial charge on any atom is 0.224 e. The summed E-state index contributed by atoms with van der Waals surface area (Å²) in [6.45, 7) is 31.1. The van der Waals surface area contributed by atoms with Crippen LogP contribution in [0.15, 0.2) is 24.3 Å². The van der Waals surface area contributed by atoms with Gasteiger partial charge in [-0.05, 0) is 80.7 Å². The molecule has 2 atom stereocenters. The lowest BCUT2D eigenvalue weighted by Gasteiger charge is -2.29. The van der Waals surface area contributed by atoms with Crippen molar-refractivity contribution in [3.05, 3.63) is 57.6 Å². The molecule has 6 nitrogen and oxygen atoms in total. The van der Waals surface area contributed by atoms with E-state index in [-0.39, 0.29) is 45.3 Å². The fourth-order valence-electron chi connectivity index (χ4n) is 6.21. The second kappa shape index (κ2) is 15.7. The normalized spacial score (nSPS) is 14.7. The van der Waals surface area contributed by atoms with E-state index in [1.807, 2.05) is 38.1 Å². The number of carbonyl (C=O) groups is 2. The smallest absolute Gasteiger partial charge is 0.224 e. The molecular weight excluding hydrogens is 596 g/mol. The van der Waals surface area contributed by atoms with Crippen molar-refractivity contribution in [2.45, 2.75) is 170 Å². The first-order chi connectivity index (χ1) is 21.8. The lowest BCUT2D eigenvalue weighted by atomic mass is 9.77. The van der Waals surface area contributed by atoms with Crippen molar-refractivity contribution < 1.29 is 19.8 Å². The zero-order valence-corrected chi connectivity index (χ0v) is 33.0. The zero-order valence-electron chi connectivity index (χ0n) is 33.0. The quantitative estimate of drug-likeness (QED) is 0.134. The number of hydrogen-bond donors (Lipinski definition) is 4. The molecule has 48 heavy (non-hydrogen) atoms. The highest BCUT2D eigenvalue weighted by molar-refractivity contribution is 5.82. The van der Waals surface area contributed by atoms with Crippen LogP contribution < -0.4 is 10.6 Å². The highest BCUT2D eigenvalue weighted by Crippen LogP contribution is 2.41. The van der Waals surface area contributed by atoms with Crippen LogP contribution in [0.3, 0.4) is 0 Å². The van der Waals surface area contributed by atoms with E-state index in [2.05, 4.69) is 101 Å². The number of nitrogens with one attached hydrogen (secondary N) is 2. The molecule has 0 saturated heterocycles. The molecule has 0 aliphatic carbocycles. The van der Waals surface area contributed by atoms with Gasteiger partial charge in [0.15, 0.2) is 0 Å². The Morgan fingerprint density at radius 1 is 0.583 bits per heavy atom. The molecule has 0 heterocycles. The Labute approximate surface area is 292 Å². The monoisotopic (exact) mass is 665 g/mol. The average molecular weight is 665 g/mol. The standard InChI is InChI=1S/C42H68N2O4/c1-16-17-18-19-34(43-37(47)26(2)20-28-22-30(39(4,5)6)35(45)31(23-28)40(7,8)9)44-38(48)27(3)21-29-24-32(41(10,11)12)36(46)33(25-29)42(13,14)15/h22-27,34,45-46H,16-21H2,1-15H3,(H,43,47)(H,44,48). The molecule has 2 unspecified atom stereocenters. The van der Waals surface area contributed by atoms with Crippen molar-refractivity contribution in [2.75, 3.05) is 0 Å². The summed E-state index contributed by atoms with van der Waals surface area (Å²) in [5.74, 6) is -0.199. The largest absolute Gasteiger partial charge is 0.507 e. The van der Waals surface area contributed by atoms with Crippen LogP contribution in [0.2, 0.25) is 0 Å². The number of rotatable bonds is 12. The van der Waals surface area contributed by atoms with Gasteiger partial charge < -0.3 is 20.8 Å². The van der Waals surface area contributed by atoms with E-state index >= 15 is 0 Å². The summed E-state index contributed by atoms with van der Waals surface area (Å²) in [6, 6.07) is 8.15.